The van der Waals surface area contributed by atoms with Gasteiger partial charge in [-0.2, -0.15) is 0 Å². The van der Waals surface area contributed by atoms with Gasteiger partial charge in [0, 0.05) is 29.0 Å². The summed E-state index contributed by atoms with van der Waals surface area (Å²) in [6.45, 7) is 4.93. The van der Waals surface area contributed by atoms with Crippen LogP contribution >= 0.6 is 11.8 Å². The first kappa shape index (κ1) is 18.2. The lowest BCUT2D eigenvalue weighted by molar-refractivity contribution is 0.112. The molecule has 0 saturated heterocycles. The van der Waals surface area contributed by atoms with Crippen LogP contribution in [0.1, 0.15) is 28.4 Å². The van der Waals surface area contributed by atoms with Crippen molar-refractivity contribution in [2.75, 3.05) is 7.11 Å². The van der Waals surface area contributed by atoms with Crippen molar-refractivity contribution >= 4 is 18.0 Å². The van der Waals surface area contributed by atoms with Gasteiger partial charge in [-0.15, -0.1) is 10.2 Å². The van der Waals surface area contributed by atoms with Gasteiger partial charge in [0.05, 0.1) is 7.11 Å². The van der Waals surface area contributed by atoms with E-state index in [1.165, 1.54) is 5.56 Å². The zero-order valence-corrected chi connectivity index (χ0v) is 15.9. The number of aryl methyl sites for hydroxylation is 1. The Bertz CT molecular complexity index is 921. The summed E-state index contributed by atoms with van der Waals surface area (Å²) in [5.41, 5.74) is 3.85. The van der Waals surface area contributed by atoms with E-state index in [4.69, 9.17) is 4.74 Å². The number of hydrogen-bond donors (Lipinski definition) is 0. The van der Waals surface area contributed by atoms with E-state index in [0.29, 0.717) is 11.3 Å². The van der Waals surface area contributed by atoms with Crippen LogP contribution in [0.25, 0.3) is 11.4 Å². The smallest absolute Gasteiger partial charge is 0.191 e. The van der Waals surface area contributed by atoms with Crippen LogP contribution in [0, 0.1) is 6.92 Å². The second kappa shape index (κ2) is 8.19. The molecule has 0 aliphatic heterocycles. The molecule has 134 valence electrons. The summed E-state index contributed by atoms with van der Waals surface area (Å²) in [5, 5.41) is 9.61. The highest BCUT2D eigenvalue weighted by Gasteiger charge is 2.14. The highest BCUT2D eigenvalue weighted by atomic mass is 32.2. The van der Waals surface area contributed by atoms with Gasteiger partial charge in [0.25, 0.3) is 0 Å². The molecular weight excluding hydrogens is 346 g/mol. The van der Waals surface area contributed by atoms with Crippen LogP contribution < -0.4 is 4.74 Å². The summed E-state index contributed by atoms with van der Waals surface area (Å²) in [4.78, 5) is 11.0. The molecule has 6 heteroatoms. The molecule has 0 N–H and O–H groups in total. The molecule has 0 unspecified atom stereocenters. The topological polar surface area (TPSA) is 57.0 Å². The van der Waals surface area contributed by atoms with Gasteiger partial charge in [0.1, 0.15) is 12.0 Å². The van der Waals surface area contributed by atoms with Gasteiger partial charge < -0.3 is 9.30 Å². The van der Waals surface area contributed by atoms with Gasteiger partial charge >= 0.3 is 0 Å². The molecule has 0 bridgehead atoms. The number of aldehydes is 1. The number of carbonyl (C=O) groups excluding carboxylic acids is 1. The average molecular weight is 367 g/mol. The van der Waals surface area contributed by atoms with E-state index in [2.05, 4.69) is 40.7 Å². The maximum Gasteiger partial charge on any atom is 0.191 e. The molecule has 0 atom stereocenters. The Balaban J connectivity index is 1.86. The normalized spacial score (nSPS) is 10.7. The van der Waals surface area contributed by atoms with Gasteiger partial charge in [-0.25, -0.2) is 0 Å². The first-order valence-corrected chi connectivity index (χ1v) is 9.40. The van der Waals surface area contributed by atoms with Crippen LogP contribution in [0.2, 0.25) is 0 Å². The van der Waals surface area contributed by atoms with E-state index in [9.17, 15) is 4.79 Å². The number of methoxy groups -OCH3 is 1. The van der Waals surface area contributed by atoms with Crippen LogP contribution in [-0.4, -0.2) is 28.2 Å². The molecule has 0 radical (unpaired) electrons. The zero-order chi connectivity index (χ0) is 18.5. The molecule has 3 rings (SSSR count). The maximum atomic E-state index is 11.0. The van der Waals surface area contributed by atoms with Gasteiger partial charge in [-0.05, 0) is 38.1 Å². The quantitative estimate of drug-likeness (QED) is 0.458. The number of hydrogen-bond acceptors (Lipinski definition) is 5. The minimum atomic E-state index is 0.638. The average Bonchev–Trinajstić information content (AvgIpc) is 3.09. The predicted molar refractivity (Wildman–Crippen MR) is 104 cm³/mol. The minimum absolute atomic E-state index is 0.638. The molecule has 0 fully saturated rings. The fraction of sp³-hybridized carbons (Fsp3) is 0.250. The third-order valence-corrected chi connectivity index (χ3v) is 5.12. The molecule has 0 saturated carbocycles. The van der Waals surface area contributed by atoms with E-state index >= 15 is 0 Å². The molecule has 1 heterocycles. The lowest BCUT2D eigenvalue weighted by Gasteiger charge is -2.10. The molecule has 3 aromatic rings. The van der Waals surface area contributed by atoms with Crippen molar-refractivity contribution in [3.05, 3.63) is 59.2 Å². The van der Waals surface area contributed by atoms with Crippen molar-refractivity contribution in [2.45, 2.75) is 31.3 Å². The van der Waals surface area contributed by atoms with E-state index in [0.717, 1.165) is 40.7 Å². The fourth-order valence-electron chi connectivity index (χ4n) is 2.81. The number of ether oxygens (including phenoxy) is 1. The lowest BCUT2D eigenvalue weighted by atomic mass is 10.1. The third-order valence-electron chi connectivity index (χ3n) is 4.11. The molecule has 1 aromatic heterocycles. The van der Waals surface area contributed by atoms with Crippen LogP contribution in [0.15, 0.2) is 47.6 Å². The molecule has 26 heavy (non-hydrogen) atoms. The Morgan fingerprint density at radius 3 is 2.73 bits per heavy atom. The number of thioether (sulfide) groups is 1. The largest absolute Gasteiger partial charge is 0.496 e. The maximum absolute atomic E-state index is 11.0. The first-order chi connectivity index (χ1) is 12.7. The third kappa shape index (κ3) is 3.80. The van der Waals surface area contributed by atoms with Crippen LogP contribution in [-0.2, 0) is 12.3 Å². The predicted octanol–water partition coefficient (Wildman–Crippen LogP) is 4.39. The lowest BCUT2D eigenvalue weighted by Crippen LogP contribution is -2.00. The van der Waals surface area contributed by atoms with E-state index < -0.39 is 0 Å². The van der Waals surface area contributed by atoms with Gasteiger partial charge in [-0.1, -0.05) is 35.5 Å². The summed E-state index contributed by atoms with van der Waals surface area (Å²) in [7, 11) is 1.63. The summed E-state index contributed by atoms with van der Waals surface area (Å²) >= 11 is 1.59. The molecule has 0 amide bonds. The van der Waals surface area contributed by atoms with Crippen molar-refractivity contribution < 1.29 is 9.53 Å². The molecule has 0 aliphatic carbocycles. The first-order valence-electron chi connectivity index (χ1n) is 8.41. The van der Waals surface area contributed by atoms with Crippen LogP contribution in [0.5, 0.6) is 5.75 Å². The molecular formula is C20H21N3O2S. The van der Waals surface area contributed by atoms with Crippen molar-refractivity contribution in [2.24, 2.45) is 0 Å². The molecule has 0 aliphatic rings. The number of benzene rings is 2. The highest BCUT2D eigenvalue weighted by molar-refractivity contribution is 7.98. The van der Waals surface area contributed by atoms with Crippen molar-refractivity contribution in [1.29, 1.82) is 0 Å². The van der Waals surface area contributed by atoms with E-state index in [-0.39, 0.29) is 0 Å². The van der Waals surface area contributed by atoms with Crippen LogP contribution in [0.3, 0.4) is 0 Å². The monoisotopic (exact) mass is 367 g/mol. The van der Waals surface area contributed by atoms with Gasteiger partial charge in [0.2, 0.25) is 0 Å². The second-order valence-corrected chi connectivity index (χ2v) is 6.84. The van der Waals surface area contributed by atoms with E-state index in [1.54, 1.807) is 24.9 Å². The van der Waals surface area contributed by atoms with Crippen molar-refractivity contribution in [3.63, 3.8) is 0 Å². The number of carbonyl (C=O) groups is 1. The van der Waals surface area contributed by atoms with Gasteiger partial charge in [0.15, 0.2) is 11.0 Å². The summed E-state index contributed by atoms with van der Waals surface area (Å²) < 4.78 is 7.51. The number of aromatic nitrogens is 3. The Morgan fingerprint density at radius 2 is 2.04 bits per heavy atom. The zero-order valence-electron chi connectivity index (χ0n) is 15.1. The highest BCUT2D eigenvalue weighted by Crippen LogP contribution is 2.30. The molecule has 2 aromatic carbocycles. The fourth-order valence-corrected chi connectivity index (χ4v) is 3.79. The van der Waals surface area contributed by atoms with Gasteiger partial charge in [-0.3, -0.25) is 4.79 Å². The Hall–Kier alpha value is -2.60. The van der Waals surface area contributed by atoms with Crippen molar-refractivity contribution in [1.82, 2.24) is 14.8 Å². The van der Waals surface area contributed by atoms with E-state index in [1.807, 2.05) is 24.3 Å². The Morgan fingerprint density at radius 1 is 1.19 bits per heavy atom. The Kier molecular flexibility index (Phi) is 5.73. The standard InChI is InChI=1S/C20H21N3O2S/c1-4-23-19(16-7-5-6-14(2)10-16)21-22-20(23)26-13-17-11-15(12-24)8-9-18(17)25-3/h5-12H,4,13H2,1-3H3. The van der Waals surface area contributed by atoms with Crippen LogP contribution in [0.4, 0.5) is 0 Å². The summed E-state index contributed by atoms with van der Waals surface area (Å²) in [6.07, 6.45) is 0.845. The number of rotatable bonds is 7. The summed E-state index contributed by atoms with van der Waals surface area (Å²) in [5.74, 6) is 2.29. The van der Waals surface area contributed by atoms with Crippen molar-refractivity contribution in [3.8, 4) is 17.1 Å². The minimum Gasteiger partial charge on any atom is -0.496 e. The second-order valence-electron chi connectivity index (χ2n) is 5.90. The Labute approximate surface area is 157 Å². The SMILES string of the molecule is CCn1c(SCc2cc(C=O)ccc2OC)nnc1-c1cccc(C)c1. The summed E-state index contributed by atoms with van der Waals surface area (Å²) in [6, 6.07) is 13.7. The molecule has 5 nitrogen and oxygen atoms in total. The number of nitrogens with zero attached hydrogens (tertiary/aromatic N) is 3. The molecule has 0 spiro atoms.